The Morgan fingerprint density at radius 2 is 1.91 bits per heavy atom. The van der Waals surface area contributed by atoms with Crippen molar-refractivity contribution in [3.63, 3.8) is 0 Å². The number of hydrogen-bond donors (Lipinski definition) is 4. The second-order valence-corrected chi connectivity index (χ2v) is 5.76. The van der Waals surface area contributed by atoms with E-state index in [0.717, 1.165) is 5.56 Å². The van der Waals surface area contributed by atoms with Crippen LogP contribution in [0.1, 0.15) is 12.5 Å². The molecule has 1 atom stereocenters. The Bertz CT molecular complexity index is 494. The molecule has 8 nitrogen and oxygen atoms in total. The van der Waals surface area contributed by atoms with Crippen molar-refractivity contribution in [2.45, 2.75) is 19.3 Å². The van der Waals surface area contributed by atoms with Crippen LogP contribution in [0.25, 0.3) is 0 Å². The normalized spacial score (nSPS) is 11.7. The molecule has 1 aromatic rings. The molecule has 0 aliphatic heterocycles. The Hall–Kier alpha value is -1.89. The molecule has 0 heterocycles. The van der Waals surface area contributed by atoms with E-state index >= 15 is 0 Å². The van der Waals surface area contributed by atoms with E-state index in [1.165, 1.54) is 6.92 Å². The predicted molar refractivity (Wildman–Crippen MR) is 80.1 cm³/mol. The average molecular weight is 330 g/mol. The summed E-state index contributed by atoms with van der Waals surface area (Å²) in [5, 5.41) is 4.59. The van der Waals surface area contributed by atoms with Crippen molar-refractivity contribution in [2.75, 3.05) is 13.7 Å². The second kappa shape index (κ2) is 9.19. The minimum Gasteiger partial charge on any atom is -0.497 e. The summed E-state index contributed by atoms with van der Waals surface area (Å²) in [6, 6.07) is 7.00. The van der Waals surface area contributed by atoms with Crippen LogP contribution in [0.4, 0.5) is 4.79 Å². The lowest BCUT2D eigenvalue weighted by molar-refractivity contribution is -0.120. The topological polar surface area (TPSA) is 117 Å². The van der Waals surface area contributed by atoms with Crippen molar-refractivity contribution >= 4 is 20.4 Å². The van der Waals surface area contributed by atoms with Gasteiger partial charge in [0.15, 0.2) is 8.38 Å². The van der Waals surface area contributed by atoms with Gasteiger partial charge in [-0.2, -0.15) is 0 Å². The highest BCUT2D eigenvalue weighted by Gasteiger charge is 2.15. The first-order chi connectivity index (χ1) is 10.4. The number of ether oxygens (including phenoxy) is 2. The lowest BCUT2D eigenvalue weighted by Gasteiger charge is -2.14. The van der Waals surface area contributed by atoms with Gasteiger partial charge in [0.1, 0.15) is 18.9 Å². The smallest absolute Gasteiger partial charge is 0.407 e. The quantitative estimate of drug-likeness (QED) is 0.546. The molecule has 0 aromatic heterocycles. The van der Waals surface area contributed by atoms with E-state index in [1.54, 1.807) is 31.4 Å². The number of hydrogen-bond acceptors (Lipinski definition) is 6. The molecule has 1 aromatic carbocycles. The monoisotopic (exact) mass is 330 g/mol. The third kappa shape index (κ3) is 6.71. The van der Waals surface area contributed by atoms with E-state index in [9.17, 15) is 9.59 Å². The highest BCUT2D eigenvalue weighted by Crippen LogP contribution is 2.27. The molecule has 2 amide bonds. The molecule has 22 heavy (non-hydrogen) atoms. The third-order valence-corrected chi connectivity index (χ3v) is 3.46. The van der Waals surface area contributed by atoms with Crippen LogP contribution < -0.4 is 15.4 Å². The molecular weight excluding hydrogens is 311 g/mol. The largest absolute Gasteiger partial charge is 0.497 e. The number of alkyl carbamates (subject to hydrolysis) is 1. The van der Waals surface area contributed by atoms with E-state index in [2.05, 4.69) is 10.6 Å². The predicted octanol–water partition coefficient (Wildman–Crippen LogP) is 0.680. The summed E-state index contributed by atoms with van der Waals surface area (Å²) in [4.78, 5) is 40.6. The summed E-state index contributed by atoms with van der Waals surface area (Å²) in [6.45, 7) is 1.20. The van der Waals surface area contributed by atoms with Gasteiger partial charge < -0.3 is 29.9 Å². The molecule has 4 N–H and O–H groups in total. The summed E-state index contributed by atoms with van der Waals surface area (Å²) in [6.07, 6.45) is -0.742. The number of carbonyl (C=O) groups excluding carboxylic acids is 2. The zero-order chi connectivity index (χ0) is 16.5. The third-order valence-electron chi connectivity index (χ3n) is 2.64. The lowest BCUT2D eigenvalue weighted by Crippen LogP contribution is -2.40. The standard InChI is InChI=1S/C13H19N2O6P/c1-9(22(18)19)15-12(16)7-14-13(17)21-8-10-3-5-11(20-2)6-4-10/h3-6,9,18-19H,7-8H2,1-2H3,(H,14,17)(H,15,16). The van der Waals surface area contributed by atoms with Crippen molar-refractivity contribution in [3.8, 4) is 5.75 Å². The van der Waals surface area contributed by atoms with Crippen LogP contribution in [-0.2, 0) is 16.1 Å². The molecule has 0 saturated heterocycles. The van der Waals surface area contributed by atoms with Gasteiger partial charge in [0.2, 0.25) is 5.91 Å². The number of amides is 2. The van der Waals surface area contributed by atoms with Crippen LogP contribution in [0, 0.1) is 0 Å². The van der Waals surface area contributed by atoms with Crippen molar-refractivity contribution in [2.24, 2.45) is 0 Å². The number of methoxy groups -OCH3 is 1. The number of carbonyl (C=O) groups is 2. The fourth-order valence-electron chi connectivity index (χ4n) is 1.42. The van der Waals surface area contributed by atoms with Crippen molar-refractivity contribution in [1.82, 2.24) is 10.6 Å². The molecule has 122 valence electrons. The van der Waals surface area contributed by atoms with E-state index < -0.39 is 26.2 Å². The van der Waals surface area contributed by atoms with E-state index in [0.29, 0.717) is 5.75 Å². The number of benzene rings is 1. The van der Waals surface area contributed by atoms with E-state index in [4.69, 9.17) is 19.3 Å². The first-order valence-corrected chi connectivity index (χ1v) is 7.74. The maximum absolute atomic E-state index is 11.4. The molecule has 1 unspecified atom stereocenters. The van der Waals surface area contributed by atoms with Gasteiger partial charge in [0.05, 0.1) is 12.9 Å². The van der Waals surface area contributed by atoms with Gasteiger partial charge in [-0.3, -0.25) is 4.79 Å². The van der Waals surface area contributed by atoms with Gasteiger partial charge >= 0.3 is 6.09 Å². The van der Waals surface area contributed by atoms with Gasteiger partial charge in [0, 0.05) is 0 Å². The Morgan fingerprint density at radius 3 is 2.45 bits per heavy atom. The van der Waals surface area contributed by atoms with E-state index in [1.807, 2.05) is 0 Å². The first-order valence-electron chi connectivity index (χ1n) is 6.42. The van der Waals surface area contributed by atoms with Crippen molar-refractivity contribution < 1.29 is 28.8 Å². The summed E-state index contributed by atoms with van der Waals surface area (Å²) in [5.74, 6) is -0.601. The highest BCUT2D eigenvalue weighted by atomic mass is 31.2. The minimum absolute atomic E-state index is 0.0619. The van der Waals surface area contributed by atoms with Crippen LogP contribution >= 0.6 is 8.38 Å². The molecule has 0 bridgehead atoms. The number of rotatable bonds is 7. The number of nitrogens with one attached hydrogen (secondary N) is 2. The van der Waals surface area contributed by atoms with Crippen LogP contribution in [0.15, 0.2) is 24.3 Å². The second-order valence-electron chi connectivity index (χ2n) is 4.34. The maximum atomic E-state index is 11.4. The van der Waals surface area contributed by atoms with Crippen molar-refractivity contribution in [1.29, 1.82) is 0 Å². The molecule has 0 fully saturated rings. The fourth-order valence-corrected chi connectivity index (χ4v) is 1.68. The Labute approximate surface area is 129 Å². The summed E-state index contributed by atoms with van der Waals surface area (Å²) in [5.41, 5.74) is 0.778. The lowest BCUT2D eigenvalue weighted by atomic mass is 10.2. The van der Waals surface area contributed by atoms with Gasteiger partial charge in [-0.05, 0) is 24.6 Å². The van der Waals surface area contributed by atoms with Crippen LogP contribution in [0.2, 0.25) is 0 Å². The minimum atomic E-state index is -2.25. The highest BCUT2D eigenvalue weighted by molar-refractivity contribution is 7.45. The zero-order valence-electron chi connectivity index (χ0n) is 12.3. The SMILES string of the molecule is COc1ccc(COC(=O)NCC(=O)NC(C)P(O)O)cc1. The molecule has 0 aliphatic carbocycles. The van der Waals surface area contributed by atoms with E-state index in [-0.39, 0.29) is 13.2 Å². The molecule has 0 radical (unpaired) electrons. The molecule has 9 heteroatoms. The van der Waals surface area contributed by atoms with Gasteiger partial charge in [-0.1, -0.05) is 12.1 Å². The van der Waals surface area contributed by atoms with Gasteiger partial charge in [0.25, 0.3) is 0 Å². The van der Waals surface area contributed by atoms with Crippen molar-refractivity contribution in [3.05, 3.63) is 29.8 Å². The average Bonchev–Trinajstić information content (AvgIpc) is 2.51. The zero-order valence-corrected chi connectivity index (χ0v) is 13.2. The summed E-state index contributed by atoms with van der Waals surface area (Å²) in [7, 11) is -0.690. The Morgan fingerprint density at radius 1 is 1.27 bits per heavy atom. The molecule has 0 spiro atoms. The molecular formula is C13H19N2O6P. The molecule has 0 aliphatic rings. The van der Waals surface area contributed by atoms with Crippen LogP contribution in [0.5, 0.6) is 5.75 Å². The Balaban J connectivity index is 2.26. The fraction of sp³-hybridized carbons (Fsp3) is 0.385. The molecule has 1 rings (SSSR count). The molecule has 0 saturated carbocycles. The van der Waals surface area contributed by atoms with Gasteiger partial charge in [-0.15, -0.1) is 0 Å². The first kappa shape index (κ1) is 18.2. The summed E-state index contributed by atoms with van der Waals surface area (Å²) >= 11 is 0. The van der Waals surface area contributed by atoms with Gasteiger partial charge in [-0.25, -0.2) is 4.79 Å². The maximum Gasteiger partial charge on any atom is 0.407 e. The van der Waals surface area contributed by atoms with Crippen LogP contribution in [0.3, 0.4) is 0 Å². The van der Waals surface area contributed by atoms with Crippen LogP contribution in [-0.4, -0.2) is 41.2 Å². The Kier molecular flexibility index (Phi) is 7.59. The summed E-state index contributed by atoms with van der Waals surface area (Å²) < 4.78 is 9.95.